The number of amides is 1. The fourth-order valence-electron chi connectivity index (χ4n) is 5.59. The molecule has 1 aromatic carbocycles. The van der Waals surface area contributed by atoms with Crippen LogP contribution in [0.4, 0.5) is 18.9 Å². The number of aromatic amines is 1. The van der Waals surface area contributed by atoms with Crippen molar-refractivity contribution in [1.29, 1.82) is 0 Å². The highest BCUT2D eigenvalue weighted by molar-refractivity contribution is 6.04. The third kappa shape index (κ3) is 4.84. The van der Waals surface area contributed by atoms with Crippen LogP contribution in [0.2, 0.25) is 0 Å². The van der Waals surface area contributed by atoms with Gasteiger partial charge < -0.3 is 19.8 Å². The van der Waals surface area contributed by atoms with Crippen LogP contribution in [0.25, 0.3) is 10.9 Å². The molecule has 3 atom stereocenters. The van der Waals surface area contributed by atoms with E-state index in [1.165, 1.54) is 0 Å². The first kappa shape index (κ1) is 22.5. The maximum atomic E-state index is 12.6. The normalized spacial score (nSPS) is 26.8. The first-order valence-corrected chi connectivity index (χ1v) is 11.6. The summed E-state index contributed by atoms with van der Waals surface area (Å²) in [6.07, 6.45) is 0.544. The van der Waals surface area contributed by atoms with E-state index in [0.717, 1.165) is 41.6 Å². The Morgan fingerprint density at radius 3 is 2.64 bits per heavy atom. The summed E-state index contributed by atoms with van der Waals surface area (Å²) in [5.74, 6) is 1.95. The molecule has 1 amide bonds. The summed E-state index contributed by atoms with van der Waals surface area (Å²) < 4.78 is 49.1. The maximum absolute atomic E-state index is 12.6. The smallest absolute Gasteiger partial charge is 0.401 e. The summed E-state index contributed by atoms with van der Waals surface area (Å²) in [6, 6.07) is 5.77. The zero-order valence-electron chi connectivity index (χ0n) is 18.7. The van der Waals surface area contributed by atoms with Gasteiger partial charge in [-0.15, -0.1) is 0 Å². The molecule has 3 heterocycles. The van der Waals surface area contributed by atoms with Gasteiger partial charge in [0.15, 0.2) is 0 Å². The van der Waals surface area contributed by atoms with Crippen LogP contribution in [-0.2, 0) is 9.53 Å². The number of anilines is 1. The quantitative estimate of drug-likeness (QED) is 0.635. The second-order valence-corrected chi connectivity index (χ2v) is 10.2. The Bertz CT molecular complexity index is 1000. The van der Waals surface area contributed by atoms with Crippen molar-refractivity contribution in [3.63, 3.8) is 0 Å². The number of H-pyrrole nitrogens is 1. The molecule has 2 aliphatic heterocycles. The zero-order valence-corrected chi connectivity index (χ0v) is 18.7. The lowest BCUT2D eigenvalue weighted by atomic mass is 9.87. The number of benzene rings is 1. The van der Waals surface area contributed by atoms with E-state index >= 15 is 0 Å². The van der Waals surface area contributed by atoms with E-state index in [4.69, 9.17) is 9.47 Å². The molecule has 2 aromatic rings. The van der Waals surface area contributed by atoms with Gasteiger partial charge in [0, 0.05) is 30.2 Å². The van der Waals surface area contributed by atoms with Crippen LogP contribution in [0.5, 0.6) is 5.75 Å². The summed E-state index contributed by atoms with van der Waals surface area (Å²) in [4.78, 5) is 17.3. The lowest BCUT2D eigenvalue weighted by molar-refractivity contribution is -0.152. The number of hydrogen-bond donors (Lipinski definition) is 2. The largest absolute Gasteiger partial charge is 0.494 e. The van der Waals surface area contributed by atoms with Gasteiger partial charge in [-0.05, 0) is 62.1 Å². The topological polar surface area (TPSA) is 66.6 Å². The highest BCUT2D eigenvalue weighted by Gasteiger charge is 2.44. The Hall–Kier alpha value is -2.26. The molecule has 33 heavy (non-hydrogen) atoms. The molecule has 1 aliphatic carbocycles. The summed E-state index contributed by atoms with van der Waals surface area (Å²) in [5, 5.41) is 3.89. The van der Waals surface area contributed by atoms with Crippen molar-refractivity contribution < 1.29 is 27.4 Å². The zero-order chi connectivity index (χ0) is 23.2. The molecular weight excluding hydrogens is 435 g/mol. The van der Waals surface area contributed by atoms with Crippen molar-refractivity contribution >= 4 is 22.5 Å². The van der Waals surface area contributed by atoms with Crippen molar-refractivity contribution in [3.05, 3.63) is 24.4 Å². The number of aromatic nitrogens is 1. The van der Waals surface area contributed by atoms with Crippen LogP contribution in [0.15, 0.2) is 24.4 Å². The molecule has 3 fully saturated rings. The summed E-state index contributed by atoms with van der Waals surface area (Å²) in [6.45, 7) is 3.66. The molecule has 2 N–H and O–H groups in total. The Kier molecular flexibility index (Phi) is 5.81. The Morgan fingerprint density at radius 2 is 2.00 bits per heavy atom. The Morgan fingerprint density at radius 1 is 1.27 bits per heavy atom. The van der Waals surface area contributed by atoms with Crippen LogP contribution in [0, 0.1) is 23.2 Å². The van der Waals surface area contributed by atoms with Crippen LogP contribution < -0.4 is 10.1 Å². The van der Waals surface area contributed by atoms with Crippen molar-refractivity contribution in [2.45, 2.75) is 32.4 Å². The van der Waals surface area contributed by atoms with Crippen LogP contribution in [0.1, 0.15) is 26.2 Å². The minimum absolute atomic E-state index is 0.0541. The molecule has 0 spiro atoms. The summed E-state index contributed by atoms with van der Waals surface area (Å²) >= 11 is 0. The van der Waals surface area contributed by atoms with Gasteiger partial charge >= 0.3 is 6.18 Å². The van der Waals surface area contributed by atoms with Crippen molar-refractivity contribution in [2.24, 2.45) is 23.2 Å². The van der Waals surface area contributed by atoms with E-state index in [1.54, 1.807) is 11.1 Å². The monoisotopic (exact) mass is 465 g/mol. The van der Waals surface area contributed by atoms with Gasteiger partial charge in [0.2, 0.25) is 5.91 Å². The standard InChI is InChI=1S/C24H30F3N3O3/c1-23(13-32-14-23)22(31)29-21-9-28-20-3-2-18(8-19(20)21)33-5-4-15-6-16-10-30(11-17(16)7-15)12-24(25,26)27/h2-3,8-9,15-17,28H,4-7,10-14H2,1H3,(H,29,31)/t15-,16-,17+. The number of carbonyl (C=O) groups excluding carboxylic acids is 1. The number of carbonyl (C=O) groups is 1. The van der Waals surface area contributed by atoms with Crippen molar-refractivity contribution in [3.8, 4) is 5.75 Å². The third-order valence-corrected chi connectivity index (χ3v) is 7.41. The highest BCUT2D eigenvalue weighted by atomic mass is 19.4. The van der Waals surface area contributed by atoms with E-state index in [9.17, 15) is 18.0 Å². The second kappa shape index (κ2) is 8.51. The highest BCUT2D eigenvalue weighted by Crippen LogP contribution is 2.43. The molecule has 6 nitrogen and oxygen atoms in total. The molecule has 2 saturated heterocycles. The van der Waals surface area contributed by atoms with E-state index in [2.05, 4.69) is 10.3 Å². The van der Waals surface area contributed by atoms with Gasteiger partial charge in [-0.3, -0.25) is 9.69 Å². The molecule has 0 unspecified atom stereocenters. The molecule has 3 aliphatic rings. The van der Waals surface area contributed by atoms with Crippen LogP contribution in [-0.4, -0.2) is 61.4 Å². The van der Waals surface area contributed by atoms with Gasteiger partial charge in [0.25, 0.3) is 0 Å². The number of rotatable bonds is 7. The fraction of sp³-hybridized carbons (Fsp3) is 0.625. The first-order chi connectivity index (χ1) is 15.7. The van der Waals surface area contributed by atoms with Crippen molar-refractivity contribution in [1.82, 2.24) is 9.88 Å². The number of nitrogens with one attached hydrogen (secondary N) is 2. The number of fused-ring (bicyclic) bond motifs is 2. The third-order valence-electron chi connectivity index (χ3n) is 7.41. The number of nitrogens with zero attached hydrogens (tertiary/aromatic N) is 1. The van der Waals surface area contributed by atoms with Gasteiger partial charge in [0.05, 0.1) is 37.5 Å². The molecular formula is C24H30F3N3O3. The molecule has 1 saturated carbocycles. The number of hydrogen-bond acceptors (Lipinski definition) is 4. The number of halogens is 3. The van der Waals surface area contributed by atoms with Crippen molar-refractivity contribution in [2.75, 3.05) is 44.8 Å². The SMILES string of the molecule is CC1(C(=O)Nc2c[nH]c3ccc(OCC[C@@H]4C[C@@H]5CN(CC(F)(F)F)C[C@@H]5C4)cc23)COC1. The molecule has 0 bridgehead atoms. The molecule has 5 rings (SSSR count). The van der Waals surface area contributed by atoms with Gasteiger partial charge in [-0.25, -0.2) is 0 Å². The van der Waals surface area contributed by atoms with Gasteiger partial charge in [-0.2, -0.15) is 13.2 Å². The average molecular weight is 466 g/mol. The molecule has 9 heteroatoms. The predicted molar refractivity (Wildman–Crippen MR) is 118 cm³/mol. The second-order valence-electron chi connectivity index (χ2n) is 10.2. The minimum atomic E-state index is -4.11. The fourth-order valence-corrected chi connectivity index (χ4v) is 5.59. The van der Waals surface area contributed by atoms with Gasteiger partial charge in [0.1, 0.15) is 5.75 Å². The van der Waals surface area contributed by atoms with E-state index < -0.39 is 18.1 Å². The van der Waals surface area contributed by atoms with E-state index in [0.29, 0.717) is 50.7 Å². The van der Waals surface area contributed by atoms with Crippen LogP contribution in [0.3, 0.4) is 0 Å². The van der Waals surface area contributed by atoms with Crippen LogP contribution >= 0.6 is 0 Å². The van der Waals surface area contributed by atoms with Gasteiger partial charge in [-0.1, -0.05) is 0 Å². The summed E-state index contributed by atoms with van der Waals surface area (Å²) in [5.41, 5.74) is 1.15. The predicted octanol–water partition coefficient (Wildman–Crippen LogP) is 4.43. The minimum Gasteiger partial charge on any atom is -0.494 e. The average Bonchev–Trinajstić information content (AvgIpc) is 3.38. The molecule has 1 aromatic heterocycles. The lowest BCUT2D eigenvalue weighted by Crippen LogP contribution is -2.49. The number of ether oxygens (including phenoxy) is 2. The Balaban J connectivity index is 1.12. The summed E-state index contributed by atoms with van der Waals surface area (Å²) in [7, 11) is 0. The van der Waals surface area contributed by atoms with E-state index in [-0.39, 0.29) is 5.91 Å². The lowest BCUT2D eigenvalue weighted by Gasteiger charge is -2.36. The number of likely N-dealkylation sites (tertiary alicyclic amines) is 1. The molecule has 0 radical (unpaired) electrons. The Labute approximate surface area is 190 Å². The first-order valence-electron chi connectivity index (χ1n) is 11.6. The maximum Gasteiger partial charge on any atom is 0.401 e. The number of alkyl halides is 3. The molecule has 180 valence electrons. The van der Waals surface area contributed by atoms with E-state index in [1.807, 2.05) is 25.1 Å².